The molecule has 0 radical (unpaired) electrons. The smallest absolute Gasteiger partial charge is 0.312 e. The van der Waals surface area contributed by atoms with Gasteiger partial charge in [-0.2, -0.15) is 4.31 Å². The Hall–Kier alpha value is -2.69. The Morgan fingerprint density at radius 2 is 1.72 bits per heavy atom. The Balaban J connectivity index is 1.95. The number of nitro groups is 1. The molecule has 0 bridgehead atoms. The summed E-state index contributed by atoms with van der Waals surface area (Å²) in [7, 11) is -0.338. The van der Waals surface area contributed by atoms with Crippen LogP contribution in [-0.4, -0.2) is 58.0 Å². The fraction of sp³-hybridized carbons (Fsp3) is 0.368. The molecule has 2 aromatic rings. The molecule has 0 aromatic heterocycles. The van der Waals surface area contributed by atoms with E-state index in [4.69, 9.17) is 9.47 Å². The van der Waals surface area contributed by atoms with Crippen molar-refractivity contribution >= 4 is 15.7 Å². The SMILES string of the molecule is COc1cc(C)ccc1Oc1ccc(S(=O)(=O)N2CC[NH+](C)CC2)cc1[N+](=O)[O-]. The second kappa shape index (κ2) is 8.36. The van der Waals surface area contributed by atoms with Crippen molar-refractivity contribution in [2.75, 3.05) is 40.3 Å². The molecule has 0 spiro atoms. The molecule has 1 N–H and O–H groups in total. The molecular weight excluding hydrogens is 398 g/mol. The third kappa shape index (κ3) is 4.50. The summed E-state index contributed by atoms with van der Waals surface area (Å²) in [6, 6.07) is 8.88. The predicted molar refractivity (Wildman–Crippen MR) is 106 cm³/mol. The first kappa shape index (κ1) is 21.0. The summed E-state index contributed by atoms with van der Waals surface area (Å²) in [5.74, 6) is 0.675. The van der Waals surface area contributed by atoms with E-state index in [1.54, 1.807) is 18.2 Å². The molecule has 156 valence electrons. The minimum atomic E-state index is -3.81. The summed E-state index contributed by atoms with van der Waals surface area (Å²) in [6.07, 6.45) is 0. The number of nitrogens with zero attached hydrogens (tertiary/aromatic N) is 2. The van der Waals surface area contributed by atoms with Gasteiger partial charge in [-0.15, -0.1) is 0 Å². The third-order valence-electron chi connectivity index (χ3n) is 4.88. The number of rotatable bonds is 6. The molecule has 1 fully saturated rings. The first-order valence-electron chi connectivity index (χ1n) is 9.15. The van der Waals surface area contributed by atoms with Crippen molar-refractivity contribution in [1.82, 2.24) is 4.31 Å². The summed E-state index contributed by atoms with van der Waals surface area (Å²) >= 11 is 0. The van der Waals surface area contributed by atoms with Gasteiger partial charge < -0.3 is 14.4 Å². The highest BCUT2D eigenvalue weighted by atomic mass is 32.2. The van der Waals surface area contributed by atoms with Gasteiger partial charge in [0.25, 0.3) is 0 Å². The van der Waals surface area contributed by atoms with Crippen LogP contribution < -0.4 is 14.4 Å². The van der Waals surface area contributed by atoms with Crippen LogP contribution in [0, 0.1) is 17.0 Å². The Labute approximate surface area is 169 Å². The largest absolute Gasteiger partial charge is 0.493 e. The molecule has 1 aliphatic heterocycles. The molecular formula is C19H24N3O6S+. The minimum absolute atomic E-state index is 0.0566. The number of hydrogen-bond acceptors (Lipinski definition) is 6. The topological polar surface area (TPSA) is 103 Å². The summed E-state index contributed by atoms with van der Waals surface area (Å²) in [4.78, 5) is 12.1. The fourth-order valence-electron chi connectivity index (χ4n) is 3.12. The van der Waals surface area contributed by atoms with Crippen LogP contribution >= 0.6 is 0 Å². The Kier molecular flexibility index (Phi) is 6.06. The van der Waals surface area contributed by atoms with Crippen LogP contribution in [0.1, 0.15) is 5.56 Å². The lowest BCUT2D eigenvalue weighted by Gasteiger charge is -2.29. The number of piperazine rings is 1. The van der Waals surface area contributed by atoms with E-state index in [0.29, 0.717) is 37.7 Å². The zero-order valence-electron chi connectivity index (χ0n) is 16.5. The predicted octanol–water partition coefficient (Wildman–Crippen LogP) is 1.22. The number of ether oxygens (including phenoxy) is 2. The van der Waals surface area contributed by atoms with E-state index in [1.807, 2.05) is 14.0 Å². The van der Waals surface area contributed by atoms with Gasteiger partial charge in [0.15, 0.2) is 11.5 Å². The van der Waals surface area contributed by atoms with E-state index >= 15 is 0 Å². The first-order chi connectivity index (χ1) is 13.7. The van der Waals surface area contributed by atoms with E-state index in [2.05, 4.69) is 0 Å². The second-order valence-corrected chi connectivity index (χ2v) is 8.94. The summed E-state index contributed by atoms with van der Waals surface area (Å²) < 4.78 is 38.1. The molecule has 3 rings (SSSR count). The quantitative estimate of drug-likeness (QED) is 0.555. The number of nitrogens with one attached hydrogen (secondary N) is 1. The molecule has 0 saturated carbocycles. The lowest BCUT2D eigenvalue weighted by atomic mass is 10.2. The van der Waals surface area contributed by atoms with Gasteiger partial charge in [-0.05, 0) is 36.8 Å². The van der Waals surface area contributed by atoms with Crippen molar-refractivity contribution in [1.29, 1.82) is 0 Å². The van der Waals surface area contributed by atoms with Crippen LogP contribution in [0.3, 0.4) is 0 Å². The minimum Gasteiger partial charge on any atom is -0.493 e. The monoisotopic (exact) mass is 422 g/mol. The van der Waals surface area contributed by atoms with Crippen molar-refractivity contribution in [2.45, 2.75) is 11.8 Å². The Morgan fingerprint density at radius 1 is 1.07 bits per heavy atom. The number of likely N-dealkylation sites (N-methyl/N-ethyl adjacent to an activating group) is 1. The van der Waals surface area contributed by atoms with Crippen LogP contribution in [0.5, 0.6) is 17.2 Å². The number of methoxy groups -OCH3 is 1. The van der Waals surface area contributed by atoms with E-state index in [-0.39, 0.29) is 10.6 Å². The fourth-order valence-corrected chi connectivity index (χ4v) is 4.58. The molecule has 10 heteroatoms. The van der Waals surface area contributed by atoms with Gasteiger partial charge >= 0.3 is 5.69 Å². The van der Waals surface area contributed by atoms with Gasteiger partial charge in [0.1, 0.15) is 0 Å². The highest BCUT2D eigenvalue weighted by Crippen LogP contribution is 2.38. The van der Waals surface area contributed by atoms with E-state index < -0.39 is 20.6 Å². The number of hydrogen-bond donors (Lipinski definition) is 1. The van der Waals surface area contributed by atoms with Gasteiger partial charge in [0.05, 0.1) is 50.2 Å². The third-order valence-corrected chi connectivity index (χ3v) is 6.77. The lowest BCUT2D eigenvalue weighted by Crippen LogP contribution is -3.12. The van der Waals surface area contributed by atoms with Gasteiger partial charge in [-0.25, -0.2) is 8.42 Å². The summed E-state index contributed by atoms with van der Waals surface area (Å²) in [5.41, 5.74) is 0.521. The van der Waals surface area contributed by atoms with Crippen molar-refractivity contribution in [2.24, 2.45) is 0 Å². The average molecular weight is 422 g/mol. The Morgan fingerprint density at radius 3 is 2.34 bits per heavy atom. The molecule has 1 aliphatic rings. The van der Waals surface area contributed by atoms with Crippen molar-refractivity contribution in [3.05, 3.63) is 52.1 Å². The number of aryl methyl sites for hydroxylation is 1. The summed E-state index contributed by atoms with van der Waals surface area (Å²) in [5, 5.41) is 11.6. The van der Waals surface area contributed by atoms with Gasteiger partial charge in [-0.3, -0.25) is 10.1 Å². The van der Waals surface area contributed by atoms with Crippen molar-refractivity contribution in [3.8, 4) is 17.2 Å². The van der Waals surface area contributed by atoms with Gasteiger partial charge in [0.2, 0.25) is 15.8 Å². The molecule has 1 saturated heterocycles. The molecule has 9 nitrogen and oxygen atoms in total. The summed E-state index contributed by atoms with van der Waals surface area (Å²) in [6.45, 7) is 4.02. The molecule has 0 amide bonds. The van der Waals surface area contributed by atoms with E-state index in [0.717, 1.165) is 11.6 Å². The second-order valence-electron chi connectivity index (χ2n) is 7.00. The normalized spacial score (nSPS) is 15.8. The maximum absolute atomic E-state index is 12.9. The van der Waals surface area contributed by atoms with Crippen LogP contribution in [0.4, 0.5) is 5.69 Å². The molecule has 0 unspecified atom stereocenters. The highest BCUT2D eigenvalue weighted by Gasteiger charge is 2.31. The van der Waals surface area contributed by atoms with E-state index in [1.165, 1.54) is 28.4 Å². The number of sulfonamides is 1. The van der Waals surface area contributed by atoms with Crippen LogP contribution in [-0.2, 0) is 10.0 Å². The number of quaternary nitrogens is 1. The maximum Gasteiger partial charge on any atom is 0.312 e. The lowest BCUT2D eigenvalue weighted by molar-refractivity contribution is -0.883. The maximum atomic E-state index is 12.9. The van der Waals surface area contributed by atoms with Crippen molar-refractivity contribution in [3.63, 3.8) is 0 Å². The van der Waals surface area contributed by atoms with Crippen LogP contribution in [0.15, 0.2) is 41.3 Å². The van der Waals surface area contributed by atoms with E-state index in [9.17, 15) is 18.5 Å². The molecule has 29 heavy (non-hydrogen) atoms. The van der Waals surface area contributed by atoms with Gasteiger partial charge in [-0.1, -0.05) is 6.07 Å². The van der Waals surface area contributed by atoms with Crippen LogP contribution in [0.25, 0.3) is 0 Å². The number of nitro benzene ring substituents is 1. The number of benzene rings is 2. The molecule has 1 heterocycles. The van der Waals surface area contributed by atoms with Crippen LogP contribution in [0.2, 0.25) is 0 Å². The standard InChI is InChI=1S/C19H23N3O6S/c1-14-4-6-18(19(12-14)27-3)28-17-7-5-15(13-16(17)22(23)24)29(25,26)21-10-8-20(2)9-11-21/h4-7,12-13H,8-11H2,1-3H3/p+1. The Bertz CT molecular complexity index is 1020. The molecule has 2 aromatic carbocycles. The molecule has 0 aliphatic carbocycles. The zero-order valence-corrected chi connectivity index (χ0v) is 17.4. The van der Waals surface area contributed by atoms with Gasteiger partial charge in [0, 0.05) is 6.07 Å². The van der Waals surface area contributed by atoms with Crippen molar-refractivity contribution < 1.29 is 27.7 Å². The first-order valence-corrected chi connectivity index (χ1v) is 10.6. The highest BCUT2D eigenvalue weighted by molar-refractivity contribution is 7.89. The average Bonchev–Trinajstić information content (AvgIpc) is 2.69. The molecule has 0 atom stereocenters. The zero-order chi connectivity index (χ0) is 21.2.